The molecule has 0 bridgehead atoms. The highest BCUT2D eigenvalue weighted by atomic mass is 79.9. The average Bonchev–Trinajstić information content (AvgIpc) is 3.23. The van der Waals surface area contributed by atoms with E-state index in [9.17, 15) is 9.59 Å². The highest BCUT2D eigenvalue weighted by molar-refractivity contribution is 9.10. The number of benzene rings is 2. The van der Waals surface area contributed by atoms with Crippen molar-refractivity contribution >= 4 is 50.4 Å². The van der Waals surface area contributed by atoms with Gasteiger partial charge in [0.1, 0.15) is 6.17 Å². The molecule has 0 aliphatic carbocycles. The Hall–Kier alpha value is -2.20. The molecule has 3 N–H and O–H groups in total. The zero-order chi connectivity index (χ0) is 20.9. The van der Waals surface area contributed by atoms with Crippen molar-refractivity contribution in [2.45, 2.75) is 12.6 Å². The molecule has 2 amide bonds. The number of thioether (sulfide) groups is 1. The van der Waals surface area contributed by atoms with E-state index >= 15 is 0 Å². The van der Waals surface area contributed by atoms with Crippen LogP contribution in [0.2, 0.25) is 0 Å². The van der Waals surface area contributed by atoms with Gasteiger partial charge in [0.15, 0.2) is 5.17 Å². The van der Waals surface area contributed by atoms with Crippen LogP contribution < -0.4 is 21.1 Å². The molecule has 9 heteroatoms. The quantitative estimate of drug-likeness (QED) is 0.581. The Balaban J connectivity index is 1.42. The van der Waals surface area contributed by atoms with Crippen LogP contribution in [-0.4, -0.2) is 42.0 Å². The molecule has 2 unspecified atom stereocenters. The number of fused-ring (bicyclic) bond motifs is 1. The molecule has 2 aliphatic rings. The van der Waals surface area contributed by atoms with E-state index in [0.717, 1.165) is 16.6 Å². The Labute approximate surface area is 187 Å². The second kappa shape index (κ2) is 9.74. The number of para-hydroxylation sites is 1. The van der Waals surface area contributed by atoms with E-state index in [-0.39, 0.29) is 29.7 Å². The highest BCUT2D eigenvalue weighted by Crippen LogP contribution is 2.33. The molecule has 1 saturated heterocycles. The Bertz CT molecular complexity index is 955. The second-order valence-electron chi connectivity index (χ2n) is 6.99. The van der Waals surface area contributed by atoms with Crippen LogP contribution in [0.1, 0.15) is 5.56 Å². The first-order valence-electron chi connectivity index (χ1n) is 9.71. The molecule has 1 fully saturated rings. The Morgan fingerprint density at radius 2 is 1.97 bits per heavy atom. The van der Waals surface area contributed by atoms with Crippen LogP contribution in [0.25, 0.3) is 0 Å². The van der Waals surface area contributed by atoms with Crippen molar-refractivity contribution in [2.24, 2.45) is 10.9 Å². The lowest BCUT2D eigenvalue weighted by atomic mass is 10.0. The molecule has 0 radical (unpaired) electrons. The summed E-state index contributed by atoms with van der Waals surface area (Å²) in [6, 6.07) is 17.6. The van der Waals surface area contributed by atoms with E-state index in [0.29, 0.717) is 18.3 Å². The van der Waals surface area contributed by atoms with Gasteiger partial charge in [-0.05, 0) is 40.0 Å². The standard InChI is InChI=1S/C21H22BrN5O2S/c22-16-8-4-5-9-17(16)27-20(29)15-12-24-26-19(15)25-21(27)30-13-18(28)23-11-10-14-6-2-1-3-7-14/h1-9,15,19,24,26H,10-13H2,(H,23,28). The Morgan fingerprint density at radius 1 is 1.20 bits per heavy atom. The first kappa shape index (κ1) is 21.0. The van der Waals surface area contributed by atoms with Gasteiger partial charge in [0.25, 0.3) is 0 Å². The average molecular weight is 488 g/mol. The van der Waals surface area contributed by atoms with Gasteiger partial charge in [-0.25, -0.2) is 10.4 Å². The third-order valence-corrected chi connectivity index (χ3v) is 6.56. The molecular formula is C21H22BrN5O2S. The van der Waals surface area contributed by atoms with Gasteiger partial charge < -0.3 is 5.32 Å². The van der Waals surface area contributed by atoms with Gasteiger partial charge in [0, 0.05) is 17.6 Å². The summed E-state index contributed by atoms with van der Waals surface area (Å²) in [6.45, 7) is 1.09. The summed E-state index contributed by atoms with van der Waals surface area (Å²) in [6.07, 6.45) is 0.457. The molecule has 2 aromatic carbocycles. The zero-order valence-corrected chi connectivity index (χ0v) is 18.6. The van der Waals surface area contributed by atoms with Crippen molar-refractivity contribution in [1.82, 2.24) is 16.2 Å². The number of amides is 2. The molecule has 0 saturated carbocycles. The van der Waals surface area contributed by atoms with E-state index < -0.39 is 0 Å². The number of nitrogens with one attached hydrogen (secondary N) is 3. The number of halogens is 1. The second-order valence-corrected chi connectivity index (χ2v) is 8.78. The van der Waals surface area contributed by atoms with Crippen LogP contribution in [0.15, 0.2) is 64.1 Å². The number of aliphatic imine (C=N–C) groups is 1. The van der Waals surface area contributed by atoms with E-state index in [1.165, 1.54) is 17.3 Å². The predicted molar refractivity (Wildman–Crippen MR) is 123 cm³/mol. The Kier molecular flexibility index (Phi) is 6.83. The van der Waals surface area contributed by atoms with E-state index in [1.54, 1.807) is 4.90 Å². The number of hydrogen-bond acceptors (Lipinski definition) is 6. The molecule has 2 aliphatic heterocycles. The van der Waals surface area contributed by atoms with Crippen LogP contribution >= 0.6 is 27.7 Å². The number of carbonyl (C=O) groups excluding carboxylic acids is 2. The predicted octanol–water partition coefficient (Wildman–Crippen LogP) is 2.29. The van der Waals surface area contributed by atoms with Gasteiger partial charge in [-0.15, -0.1) is 0 Å². The summed E-state index contributed by atoms with van der Waals surface area (Å²) >= 11 is 4.80. The maximum atomic E-state index is 13.2. The normalized spacial score (nSPS) is 20.6. The lowest BCUT2D eigenvalue weighted by Crippen LogP contribution is -2.49. The van der Waals surface area contributed by atoms with Gasteiger partial charge >= 0.3 is 0 Å². The molecule has 2 heterocycles. The number of hydrogen-bond donors (Lipinski definition) is 3. The lowest BCUT2D eigenvalue weighted by molar-refractivity contribution is -0.121. The topological polar surface area (TPSA) is 85.8 Å². The number of carbonyl (C=O) groups is 2. The molecule has 0 spiro atoms. The van der Waals surface area contributed by atoms with Gasteiger partial charge in [-0.1, -0.05) is 54.2 Å². The molecule has 7 nitrogen and oxygen atoms in total. The lowest BCUT2D eigenvalue weighted by Gasteiger charge is -2.32. The minimum Gasteiger partial charge on any atom is -0.355 e. The van der Waals surface area contributed by atoms with Crippen LogP contribution in [0, 0.1) is 5.92 Å². The van der Waals surface area contributed by atoms with Crippen molar-refractivity contribution in [3.63, 3.8) is 0 Å². The summed E-state index contributed by atoms with van der Waals surface area (Å²) in [7, 11) is 0. The summed E-state index contributed by atoms with van der Waals surface area (Å²) in [5.74, 6) is -0.211. The molecular weight excluding hydrogens is 466 g/mol. The van der Waals surface area contributed by atoms with E-state index in [1.807, 2.05) is 54.6 Å². The first-order chi connectivity index (χ1) is 14.6. The van der Waals surface area contributed by atoms with Gasteiger partial charge in [-0.2, -0.15) is 0 Å². The summed E-state index contributed by atoms with van der Waals surface area (Å²) in [5.41, 5.74) is 7.95. The SMILES string of the molecule is O=C(CSC1=NC2NNCC2C(=O)N1c1ccccc1Br)NCCc1ccccc1. The van der Waals surface area contributed by atoms with Crippen LogP contribution in [0.3, 0.4) is 0 Å². The van der Waals surface area contributed by atoms with Crippen LogP contribution in [0.5, 0.6) is 0 Å². The molecule has 2 aromatic rings. The number of amidine groups is 1. The van der Waals surface area contributed by atoms with Crippen molar-refractivity contribution < 1.29 is 9.59 Å². The van der Waals surface area contributed by atoms with Crippen molar-refractivity contribution in [2.75, 3.05) is 23.7 Å². The zero-order valence-electron chi connectivity index (χ0n) is 16.2. The number of hydrazine groups is 1. The summed E-state index contributed by atoms with van der Waals surface area (Å²) in [5, 5.41) is 3.46. The molecule has 156 valence electrons. The smallest absolute Gasteiger partial charge is 0.241 e. The van der Waals surface area contributed by atoms with Gasteiger partial charge in [0.05, 0.1) is 17.4 Å². The molecule has 30 heavy (non-hydrogen) atoms. The van der Waals surface area contributed by atoms with Crippen molar-refractivity contribution in [3.05, 3.63) is 64.6 Å². The van der Waals surface area contributed by atoms with Gasteiger partial charge in [-0.3, -0.25) is 19.9 Å². The molecule has 0 aromatic heterocycles. The molecule has 4 rings (SSSR count). The Morgan fingerprint density at radius 3 is 2.77 bits per heavy atom. The maximum Gasteiger partial charge on any atom is 0.241 e. The third-order valence-electron chi connectivity index (χ3n) is 4.94. The summed E-state index contributed by atoms with van der Waals surface area (Å²) in [4.78, 5) is 31.9. The fraction of sp³-hybridized carbons (Fsp3) is 0.286. The van der Waals surface area contributed by atoms with Gasteiger partial charge in [0.2, 0.25) is 11.8 Å². The maximum absolute atomic E-state index is 13.2. The van der Waals surface area contributed by atoms with Crippen molar-refractivity contribution in [3.8, 4) is 0 Å². The number of rotatable bonds is 6. The molecule has 2 atom stereocenters. The fourth-order valence-corrected chi connectivity index (χ4v) is 4.73. The number of anilines is 1. The highest BCUT2D eigenvalue weighted by Gasteiger charge is 2.42. The summed E-state index contributed by atoms with van der Waals surface area (Å²) < 4.78 is 0.802. The van der Waals surface area contributed by atoms with E-state index in [4.69, 9.17) is 4.99 Å². The monoisotopic (exact) mass is 487 g/mol. The minimum absolute atomic E-state index is 0.0358. The minimum atomic E-state index is -0.320. The first-order valence-corrected chi connectivity index (χ1v) is 11.5. The fourth-order valence-electron chi connectivity index (χ4n) is 3.40. The third kappa shape index (κ3) is 4.75. The van der Waals surface area contributed by atoms with Crippen LogP contribution in [0.4, 0.5) is 5.69 Å². The van der Waals surface area contributed by atoms with Crippen molar-refractivity contribution in [1.29, 1.82) is 0 Å². The van der Waals surface area contributed by atoms with Crippen LogP contribution in [-0.2, 0) is 16.0 Å². The largest absolute Gasteiger partial charge is 0.355 e. The number of nitrogens with zero attached hydrogens (tertiary/aromatic N) is 2. The van der Waals surface area contributed by atoms with E-state index in [2.05, 4.69) is 32.1 Å².